The fourth-order valence-electron chi connectivity index (χ4n) is 2.80. The van der Waals surface area contributed by atoms with Crippen LogP contribution < -0.4 is 0 Å². The van der Waals surface area contributed by atoms with Crippen molar-refractivity contribution in [1.29, 1.82) is 0 Å². The lowest BCUT2D eigenvalue weighted by molar-refractivity contribution is 0.321. The molecule has 1 aromatic carbocycles. The molecule has 0 aliphatic carbocycles. The van der Waals surface area contributed by atoms with Crippen LogP contribution in [-0.2, 0) is 7.05 Å². The van der Waals surface area contributed by atoms with E-state index in [9.17, 15) is 5.11 Å². The Hall–Kier alpha value is -3.02. The summed E-state index contributed by atoms with van der Waals surface area (Å²) in [7, 11) is 1.92. The minimum absolute atomic E-state index is 0.220. The van der Waals surface area contributed by atoms with Gasteiger partial charge in [0.1, 0.15) is 11.6 Å². The van der Waals surface area contributed by atoms with Crippen molar-refractivity contribution < 1.29 is 10.3 Å². The second-order valence-electron chi connectivity index (χ2n) is 5.49. The fourth-order valence-corrected chi connectivity index (χ4v) is 2.80. The quantitative estimate of drug-likeness (QED) is 0.443. The van der Waals surface area contributed by atoms with Gasteiger partial charge < -0.3 is 14.9 Å². The van der Waals surface area contributed by atoms with E-state index in [1.807, 2.05) is 48.2 Å². The van der Waals surface area contributed by atoms with Gasteiger partial charge in [0.05, 0.1) is 29.6 Å². The van der Waals surface area contributed by atoms with E-state index in [0.29, 0.717) is 0 Å². The molecule has 0 unspecified atom stereocenters. The van der Waals surface area contributed by atoms with Gasteiger partial charge in [-0.1, -0.05) is 5.16 Å². The van der Waals surface area contributed by atoms with Gasteiger partial charge in [0.25, 0.3) is 0 Å². The van der Waals surface area contributed by atoms with Gasteiger partial charge in [-0.25, -0.2) is 4.98 Å². The van der Waals surface area contributed by atoms with E-state index < -0.39 is 0 Å². The molecule has 2 aromatic heterocycles. The topological polar surface area (TPSA) is 75.6 Å². The molecule has 0 saturated carbocycles. The molecular weight excluding hydrogens is 292 g/mol. The summed E-state index contributed by atoms with van der Waals surface area (Å²) in [5.74, 6) is 1.12. The molecule has 2 heterocycles. The maximum Gasteiger partial charge on any atom is 0.140 e. The number of rotatable bonds is 3. The Bertz CT molecular complexity index is 853. The van der Waals surface area contributed by atoms with Crippen LogP contribution in [0.3, 0.4) is 0 Å². The Morgan fingerprint density at radius 1 is 1.17 bits per heavy atom. The lowest BCUT2D eigenvalue weighted by atomic mass is 10.1. The fraction of sp³-hybridized carbons (Fsp3) is 0.176. The van der Waals surface area contributed by atoms with Gasteiger partial charge in [-0.05, 0) is 55.3 Å². The number of imidazole rings is 1. The molecule has 0 spiro atoms. The Morgan fingerprint density at radius 3 is 2.43 bits per heavy atom. The molecule has 3 aromatic rings. The van der Waals surface area contributed by atoms with E-state index >= 15 is 0 Å². The number of phenolic OH excluding ortho intramolecular Hbond substituents is 1. The Kier molecular flexibility index (Phi) is 3.65. The van der Waals surface area contributed by atoms with Gasteiger partial charge in [0, 0.05) is 7.05 Å². The van der Waals surface area contributed by atoms with E-state index in [1.54, 1.807) is 18.5 Å². The predicted molar refractivity (Wildman–Crippen MR) is 88.5 cm³/mol. The van der Waals surface area contributed by atoms with E-state index in [1.165, 1.54) is 6.21 Å². The number of aryl methyl sites for hydroxylation is 3. The molecule has 0 fully saturated rings. The van der Waals surface area contributed by atoms with Crippen LogP contribution in [0.5, 0.6) is 5.75 Å². The number of nitrogens with zero attached hydrogens (tertiary/aromatic N) is 4. The zero-order valence-corrected chi connectivity index (χ0v) is 13.2. The van der Waals surface area contributed by atoms with Crippen molar-refractivity contribution in [2.75, 3.05) is 0 Å². The van der Waals surface area contributed by atoms with Gasteiger partial charge in [-0.15, -0.1) is 0 Å². The highest BCUT2D eigenvalue weighted by atomic mass is 16.4. The highest BCUT2D eigenvalue weighted by Crippen LogP contribution is 2.30. The zero-order valence-electron chi connectivity index (χ0n) is 13.2. The molecule has 0 saturated heterocycles. The largest absolute Gasteiger partial charge is 0.508 e. The average Bonchev–Trinajstić information content (AvgIpc) is 3.01. The van der Waals surface area contributed by atoms with Crippen molar-refractivity contribution in [3.8, 4) is 22.8 Å². The molecule has 118 valence electrons. The average molecular weight is 310 g/mol. The minimum Gasteiger partial charge on any atom is -0.508 e. The molecule has 0 amide bonds. The number of aromatic hydroxyl groups is 1. The third kappa shape index (κ3) is 2.48. The standard InChI is InChI=1S/C17H18N4O2/c1-11-8-15(13-4-6-14(22)7-5-13)21(16(11)9-19-23)17-12(2)18-10-20(17)3/h4-10,22-23H,1-3H3/b19-9+. The van der Waals surface area contributed by atoms with Crippen LogP contribution >= 0.6 is 0 Å². The van der Waals surface area contributed by atoms with Crippen LogP contribution in [0.15, 0.2) is 41.8 Å². The van der Waals surface area contributed by atoms with Crippen molar-refractivity contribution in [2.45, 2.75) is 13.8 Å². The Balaban J connectivity index is 2.33. The highest BCUT2D eigenvalue weighted by Gasteiger charge is 2.18. The Morgan fingerprint density at radius 2 is 1.87 bits per heavy atom. The maximum absolute atomic E-state index is 9.51. The number of hydrogen-bond donors (Lipinski definition) is 2. The van der Waals surface area contributed by atoms with Gasteiger partial charge >= 0.3 is 0 Å². The minimum atomic E-state index is 0.220. The third-order valence-corrected chi connectivity index (χ3v) is 3.88. The molecule has 0 aliphatic heterocycles. The first-order valence-corrected chi connectivity index (χ1v) is 7.20. The maximum atomic E-state index is 9.51. The highest BCUT2D eigenvalue weighted by molar-refractivity contribution is 5.84. The molecule has 6 nitrogen and oxygen atoms in total. The lowest BCUT2D eigenvalue weighted by Crippen LogP contribution is -2.08. The van der Waals surface area contributed by atoms with E-state index in [2.05, 4.69) is 10.1 Å². The van der Waals surface area contributed by atoms with E-state index in [-0.39, 0.29) is 5.75 Å². The summed E-state index contributed by atoms with van der Waals surface area (Å²) in [5.41, 5.74) is 4.51. The van der Waals surface area contributed by atoms with Crippen molar-refractivity contribution in [1.82, 2.24) is 14.1 Å². The monoisotopic (exact) mass is 310 g/mol. The SMILES string of the molecule is Cc1cc(-c2ccc(O)cc2)n(-c2c(C)ncn2C)c1/C=N/O. The number of aromatic nitrogens is 3. The van der Waals surface area contributed by atoms with Crippen molar-refractivity contribution >= 4 is 6.21 Å². The smallest absolute Gasteiger partial charge is 0.140 e. The van der Waals surface area contributed by atoms with Crippen molar-refractivity contribution in [2.24, 2.45) is 12.2 Å². The Labute approximate surface area is 134 Å². The number of oxime groups is 1. The van der Waals surface area contributed by atoms with Crippen LogP contribution in [0.2, 0.25) is 0 Å². The first-order valence-electron chi connectivity index (χ1n) is 7.20. The molecule has 0 atom stereocenters. The summed E-state index contributed by atoms with van der Waals surface area (Å²) >= 11 is 0. The summed E-state index contributed by atoms with van der Waals surface area (Å²) in [4.78, 5) is 4.35. The molecular formula is C17H18N4O2. The second-order valence-corrected chi connectivity index (χ2v) is 5.49. The van der Waals surface area contributed by atoms with Crippen molar-refractivity contribution in [3.63, 3.8) is 0 Å². The first kappa shape index (κ1) is 14.9. The number of phenols is 1. The molecule has 0 radical (unpaired) electrons. The van der Waals surface area contributed by atoms with E-state index in [0.717, 1.165) is 34.0 Å². The zero-order chi connectivity index (χ0) is 16.6. The third-order valence-electron chi connectivity index (χ3n) is 3.88. The lowest BCUT2D eigenvalue weighted by Gasteiger charge is -2.13. The number of hydrogen-bond acceptors (Lipinski definition) is 4. The molecule has 3 rings (SSSR count). The van der Waals surface area contributed by atoms with E-state index in [4.69, 9.17) is 5.21 Å². The number of benzene rings is 1. The summed E-state index contributed by atoms with van der Waals surface area (Å²) in [6.45, 7) is 3.90. The van der Waals surface area contributed by atoms with Gasteiger partial charge in [-0.2, -0.15) is 0 Å². The summed E-state index contributed by atoms with van der Waals surface area (Å²) in [6.07, 6.45) is 3.17. The molecule has 6 heteroatoms. The van der Waals surface area contributed by atoms with Gasteiger partial charge in [0.15, 0.2) is 0 Å². The molecule has 0 aliphatic rings. The van der Waals surface area contributed by atoms with Gasteiger partial charge in [0.2, 0.25) is 0 Å². The van der Waals surface area contributed by atoms with Crippen LogP contribution in [0.4, 0.5) is 0 Å². The van der Waals surface area contributed by atoms with Gasteiger partial charge in [-0.3, -0.25) is 4.57 Å². The molecule has 23 heavy (non-hydrogen) atoms. The molecule has 0 bridgehead atoms. The van der Waals surface area contributed by atoms with Crippen LogP contribution in [-0.4, -0.2) is 30.6 Å². The van der Waals surface area contributed by atoms with Crippen LogP contribution in [0.1, 0.15) is 17.0 Å². The van der Waals surface area contributed by atoms with Crippen LogP contribution in [0.25, 0.3) is 17.1 Å². The van der Waals surface area contributed by atoms with Crippen molar-refractivity contribution in [3.05, 3.63) is 53.6 Å². The second kappa shape index (κ2) is 5.64. The summed E-state index contributed by atoms with van der Waals surface area (Å²) in [5, 5.41) is 21.7. The van der Waals surface area contributed by atoms with Crippen LogP contribution in [0, 0.1) is 13.8 Å². The predicted octanol–water partition coefficient (Wildman–Crippen LogP) is 3.01. The normalized spacial score (nSPS) is 11.4. The first-order chi connectivity index (χ1) is 11.0. The summed E-state index contributed by atoms with van der Waals surface area (Å²) in [6, 6.07) is 9.03. The summed E-state index contributed by atoms with van der Waals surface area (Å²) < 4.78 is 3.93. The molecule has 2 N–H and O–H groups in total.